The maximum atomic E-state index is 10.2. The van der Waals surface area contributed by atoms with Crippen LogP contribution in [0.4, 0.5) is 0 Å². The lowest BCUT2D eigenvalue weighted by atomic mass is 10.2. The highest BCUT2D eigenvalue weighted by atomic mass is 79.9. The third kappa shape index (κ3) is 3.00. The third-order valence-electron chi connectivity index (χ3n) is 2.19. The topological polar surface area (TPSA) is 56.3 Å². The molecule has 0 N–H and O–H groups in total. The van der Waals surface area contributed by atoms with Crippen molar-refractivity contribution in [2.75, 3.05) is 0 Å². The van der Waals surface area contributed by atoms with Crippen molar-refractivity contribution in [3.05, 3.63) is 61.9 Å². The van der Waals surface area contributed by atoms with Gasteiger partial charge < -0.3 is 4.42 Å². The van der Waals surface area contributed by atoms with Crippen LogP contribution in [0.3, 0.4) is 0 Å². The zero-order valence-electron chi connectivity index (χ0n) is 8.97. The summed E-state index contributed by atoms with van der Waals surface area (Å²) in [6.45, 7) is 0. The van der Waals surface area contributed by atoms with Crippen LogP contribution in [0.2, 0.25) is 5.02 Å². The van der Waals surface area contributed by atoms with E-state index in [4.69, 9.17) is 16.0 Å². The molecular weight excluding hydrogens is 321 g/mol. The lowest BCUT2D eigenvalue weighted by molar-refractivity contribution is -0.401. The maximum Gasteiger partial charge on any atom is 0.238 e. The van der Waals surface area contributed by atoms with Gasteiger partial charge in [-0.3, -0.25) is 10.1 Å². The first-order valence-electron chi connectivity index (χ1n) is 4.93. The van der Waals surface area contributed by atoms with Gasteiger partial charge in [-0.25, -0.2) is 0 Å². The van der Waals surface area contributed by atoms with Crippen LogP contribution in [0.15, 0.2) is 45.4 Å². The van der Waals surface area contributed by atoms with Crippen molar-refractivity contribution in [1.29, 1.82) is 0 Å². The summed E-state index contributed by atoms with van der Waals surface area (Å²) in [6, 6.07) is 8.80. The molecule has 0 amide bonds. The Hall–Kier alpha value is -1.59. The van der Waals surface area contributed by atoms with E-state index in [2.05, 4.69) is 15.9 Å². The van der Waals surface area contributed by atoms with Crippen LogP contribution < -0.4 is 0 Å². The van der Waals surface area contributed by atoms with Gasteiger partial charge in [0.15, 0.2) is 0 Å². The highest BCUT2D eigenvalue weighted by Crippen LogP contribution is 2.29. The monoisotopic (exact) mass is 327 g/mol. The van der Waals surface area contributed by atoms with Crippen molar-refractivity contribution in [2.45, 2.75) is 0 Å². The second-order valence-electron chi connectivity index (χ2n) is 3.43. The molecule has 92 valence electrons. The van der Waals surface area contributed by atoms with E-state index in [1.54, 1.807) is 18.2 Å². The largest absolute Gasteiger partial charge is 0.457 e. The molecule has 0 saturated heterocycles. The number of halogens is 2. The Morgan fingerprint density at radius 3 is 2.78 bits per heavy atom. The number of rotatable bonds is 3. The molecule has 0 bridgehead atoms. The molecule has 0 radical (unpaired) electrons. The van der Waals surface area contributed by atoms with Gasteiger partial charge in [-0.15, -0.1) is 0 Å². The number of furan rings is 1. The van der Waals surface area contributed by atoms with Crippen molar-refractivity contribution < 1.29 is 9.34 Å². The van der Waals surface area contributed by atoms with Crippen LogP contribution in [0, 0.1) is 10.1 Å². The first-order chi connectivity index (χ1) is 8.56. The van der Waals surface area contributed by atoms with Gasteiger partial charge in [0, 0.05) is 10.0 Å². The molecule has 2 aromatic rings. The van der Waals surface area contributed by atoms with Gasteiger partial charge >= 0.3 is 0 Å². The number of hydrogen-bond acceptors (Lipinski definition) is 3. The average Bonchev–Trinajstić information content (AvgIpc) is 2.79. The maximum absolute atomic E-state index is 10.2. The summed E-state index contributed by atoms with van der Waals surface area (Å²) in [5.74, 6) is 1.02. The van der Waals surface area contributed by atoms with Gasteiger partial charge in [0.1, 0.15) is 11.5 Å². The fraction of sp³-hybridized carbons (Fsp3) is 0. The first-order valence-corrected chi connectivity index (χ1v) is 6.10. The summed E-state index contributed by atoms with van der Waals surface area (Å²) in [5.41, 5.74) is 0.809. The van der Waals surface area contributed by atoms with Gasteiger partial charge in [0.05, 0.1) is 16.0 Å². The molecule has 0 aliphatic carbocycles. The molecule has 18 heavy (non-hydrogen) atoms. The van der Waals surface area contributed by atoms with E-state index < -0.39 is 4.92 Å². The molecule has 0 unspecified atom stereocenters. The van der Waals surface area contributed by atoms with E-state index in [0.29, 0.717) is 16.5 Å². The van der Waals surface area contributed by atoms with Crippen LogP contribution in [-0.4, -0.2) is 4.92 Å². The quantitative estimate of drug-likeness (QED) is 0.610. The summed E-state index contributed by atoms with van der Waals surface area (Å²) >= 11 is 9.28. The van der Waals surface area contributed by atoms with Gasteiger partial charge in [-0.1, -0.05) is 17.7 Å². The highest BCUT2D eigenvalue weighted by Gasteiger charge is 2.06. The van der Waals surface area contributed by atoms with Gasteiger partial charge in [-0.05, 0) is 40.2 Å². The molecule has 1 aromatic heterocycles. The number of nitrogens with zero attached hydrogens (tertiary/aromatic N) is 1. The normalized spacial score (nSPS) is 11.0. The van der Waals surface area contributed by atoms with E-state index >= 15 is 0 Å². The Morgan fingerprint density at radius 1 is 1.33 bits per heavy atom. The van der Waals surface area contributed by atoms with Gasteiger partial charge in [0.2, 0.25) is 6.20 Å². The predicted octanol–water partition coefficient (Wildman–Crippen LogP) is 4.61. The zero-order chi connectivity index (χ0) is 13.1. The molecule has 0 aliphatic heterocycles. The molecular formula is C12H7BrClNO3. The molecule has 4 nitrogen and oxygen atoms in total. The summed E-state index contributed by atoms with van der Waals surface area (Å²) in [7, 11) is 0. The van der Waals surface area contributed by atoms with Crippen molar-refractivity contribution in [1.82, 2.24) is 0 Å². The van der Waals surface area contributed by atoms with Crippen LogP contribution in [0.1, 0.15) is 5.76 Å². The molecule has 0 aliphatic rings. The molecule has 0 fully saturated rings. The molecule has 6 heteroatoms. The minimum atomic E-state index is -0.543. The molecule has 2 rings (SSSR count). The van der Waals surface area contributed by atoms with Crippen molar-refractivity contribution in [2.24, 2.45) is 0 Å². The van der Waals surface area contributed by atoms with Crippen molar-refractivity contribution in [3.63, 3.8) is 0 Å². The van der Waals surface area contributed by atoms with Crippen LogP contribution >= 0.6 is 27.5 Å². The molecule has 0 atom stereocenters. The van der Waals surface area contributed by atoms with Gasteiger partial charge in [0.25, 0.3) is 0 Å². The van der Waals surface area contributed by atoms with Crippen molar-refractivity contribution in [3.8, 4) is 11.3 Å². The van der Waals surface area contributed by atoms with Crippen LogP contribution in [-0.2, 0) is 0 Å². The lowest BCUT2D eigenvalue weighted by Gasteiger charge is -1.99. The summed E-state index contributed by atoms with van der Waals surface area (Å²) < 4.78 is 6.25. The SMILES string of the molecule is O=[N+]([O-])/C=C/c1ccc(-c2ccc(Br)c(Cl)c2)o1. The first kappa shape index (κ1) is 12.9. The summed E-state index contributed by atoms with van der Waals surface area (Å²) in [5, 5.41) is 10.8. The standard InChI is InChI=1S/C12H7BrClNO3/c13-10-3-1-8(7-11(10)14)12-4-2-9(18-12)5-6-15(16)17/h1-7H/b6-5+. The number of benzene rings is 1. The Labute approximate surface area is 116 Å². The highest BCUT2D eigenvalue weighted by molar-refractivity contribution is 9.10. The van der Waals surface area contributed by atoms with E-state index in [1.807, 2.05) is 12.1 Å². The third-order valence-corrected chi connectivity index (χ3v) is 3.42. The van der Waals surface area contributed by atoms with Crippen molar-refractivity contribution >= 4 is 33.6 Å². The zero-order valence-corrected chi connectivity index (χ0v) is 11.3. The number of nitro groups is 1. The Morgan fingerprint density at radius 2 is 2.11 bits per heavy atom. The Bertz CT molecular complexity index is 622. The van der Waals surface area contributed by atoms with E-state index in [1.165, 1.54) is 6.08 Å². The van der Waals surface area contributed by atoms with E-state index in [0.717, 1.165) is 16.2 Å². The average molecular weight is 329 g/mol. The Kier molecular flexibility index (Phi) is 3.84. The fourth-order valence-corrected chi connectivity index (χ4v) is 1.81. The van der Waals surface area contributed by atoms with Gasteiger partial charge in [-0.2, -0.15) is 0 Å². The number of hydrogen-bond donors (Lipinski definition) is 0. The smallest absolute Gasteiger partial charge is 0.238 e. The minimum absolute atomic E-state index is 0.417. The molecule has 0 saturated carbocycles. The summed E-state index contributed by atoms with van der Waals surface area (Å²) in [6.07, 6.45) is 2.13. The Balaban J connectivity index is 2.29. The lowest BCUT2D eigenvalue weighted by Crippen LogP contribution is -1.81. The van der Waals surface area contributed by atoms with E-state index in [-0.39, 0.29) is 0 Å². The van der Waals surface area contributed by atoms with E-state index in [9.17, 15) is 10.1 Å². The second kappa shape index (κ2) is 5.37. The summed E-state index contributed by atoms with van der Waals surface area (Å²) in [4.78, 5) is 9.64. The molecule has 1 aromatic carbocycles. The fourth-order valence-electron chi connectivity index (χ4n) is 1.38. The van der Waals surface area contributed by atoms with Crippen LogP contribution in [0.25, 0.3) is 17.4 Å². The second-order valence-corrected chi connectivity index (χ2v) is 4.69. The van der Waals surface area contributed by atoms with Crippen LogP contribution in [0.5, 0.6) is 0 Å². The predicted molar refractivity (Wildman–Crippen MR) is 72.9 cm³/mol. The molecule has 1 heterocycles. The molecule has 0 spiro atoms. The minimum Gasteiger partial charge on any atom is -0.457 e.